The highest BCUT2D eigenvalue weighted by Gasteiger charge is 1.81. The third-order valence-corrected chi connectivity index (χ3v) is 1.33. The molecule has 1 aromatic rings. The van der Waals surface area contributed by atoms with E-state index in [0.29, 0.717) is 0 Å². The molecule has 2 rings (SSSR count). The molecule has 0 amide bonds. The second kappa shape index (κ2) is 4.80. The van der Waals surface area contributed by atoms with E-state index < -0.39 is 0 Å². The lowest BCUT2D eigenvalue weighted by Gasteiger charge is -1.92. The first-order chi connectivity index (χ1) is 5.00. The van der Waals surface area contributed by atoms with E-state index in [1.54, 1.807) is 0 Å². The Labute approximate surface area is 62.2 Å². The summed E-state index contributed by atoms with van der Waals surface area (Å²) in [5.41, 5.74) is 0. The Kier molecular flexibility index (Phi) is 3.40. The van der Waals surface area contributed by atoms with Gasteiger partial charge in [-0.3, -0.25) is 0 Å². The third-order valence-electron chi connectivity index (χ3n) is 1.33. The highest BCUT2D eigenvalue weighted by molar-refractivity contribution is 4.99. The molecule has 1 aliphatic carbocycles. The Morgan fingerprint density at radius 2 is 0.700 bits per heavy atom. The van der Waals surface area contributed by atoms with Gasteiger partial charge in [0.15, 0.2) is 0 Å². The van der Waals surface area contributed by atoms with Gasteiger partial charge in [-0.25, -0.2) is 0 Å². The number of allylic oxidation sites excluding steroid dienone is 2. The molecular formula is C10H12. The molecule has 1 aromatic carbocycles. The third kappa shape index (κ3) is 3.08. The Hall–Kier alpha value is -1.04. The first kappa shape index (κ1) is 7.07. The van der Waals surface area contributed by atoms with Crippen LogP contribution in [0, 0.1) is 0 Å². The molecule has 0 fully saturated rings. The number of benzene rings is 1. The molecule has 0 radical (unpaired) electrons. The fourth-order valence-corrected chi connectivity index (χ4v) is 0.552. The molecule has 0 aliphatic heterocycles. The van der Waals surface area contributed by atoms with Crippen LogP contribution in [0.1, 0.15) is 12.8 Å². The maximum absolute atomic E-state index is 2.18. The summed E-state index contributed by atoms with van der Waals surface area (Å²) in [7, 11) is 0. The maximum Gasteiger partial charge on any atom is -0.0316 e. The molecule has 0 atom stereocenters. The van der Waals surface area contributed by atoms with Crippen LogP contribution in [0.5, 0.6) is 0 Å². The second-order valence-electron chi connectivity index (χ2n) is 2.20. The Morgan fingerprint density at radius 1 is 0.500 bits per heavy atom. The summed E-state index contributed by atoms with van der Waals surface area (Å²) >= 11 is 0. The molecule has 0 saturated heterocycles. The van der Waals surface area contributed by atoms with Crippen LogP contribution in [0.4, 0.5) is 0 Å². The van der Waals surface area contributed by atoms with Crippen molar-refractivity contribution in [2.75, 3.05) is 0 Å². The van der Waals surface area contributed by atoms with Crippen molar-refractivity contribution in [3.05, 3.63) is 48.6 Å². The van der Waals surface area contributed by atoms with Gasteiger partial charge < -0.3 is 0 Å². The van der Waals surface area contributed by atoms with Gasteiger partial charge in [0.05, 0.1) is 0 Å². The summed E-state index contributed by atoms with van der Waals surface area (Å²) in [6.45, 7) is 0. The fraction of sp³-hybridized carbons (Fsp3) is 0.200. The van der Waals surface area contributed by atoms with Crippen molar-refractivity contribution >= 4 is 0 Å². The number of hydrogen-bond donors (Lipinski definition) is 0. The lowest BCUT2D eigenvalue weighted by Crippen LogP contribution is -1.71. The molecule has 0 heteroatoms. The van der Waals surface area contributed by atoms with Crippen LogP contribution >= 0.6 is 0 Å². The molecule has 0 heterocycles. The van der Waals surface area contributed by atoms with Crippen LogP contribution in [-0.2, 0) is 0 Å². The summed E-state index contributed by atoms with van der Waals surface area (Å²) in [6.07, 6.45) is 7.00. The molecule has 0 nitrogen and oxygen atoms in total. The lowest BCUT2D eigenvalue weighted by atomic mass is 10.1. The Morgan fingerprint density at radius 3 is 0.800 bits per heavy atom. The molecule has 0 saturated carbocycles. The quantitative estimate of drug-likeness (QED) is 0.476. The average molecular weight is 132 g/mol. The minimum absolute atomic E-state index is 1.32. The summed E-state index contributed by atoms with van der Waals surface area (Å²) in [5, 5.41) is 0. The summed E-state index contributed by atoms with van der Waals surface area (Å²) in [5.74, 6) is 0. The largest absolute Gasteiger partial charge is 0.0882 e. The van der Waals surface area contributed by atoms with Gasteiger partial charge in [-0.2, -0.15) is 0 Å². The Balaban J connectivity index is 0.000000108. The molecule has 0 N–H and O–H groups in total. The summed E-state index contributed by atoms with van der Waals surface area (Å²) < 4.78 is 0. The van der Waals surface area contributed by atoms with Crippen molar-refractivity contribution in [2.24, 2.45) is 0 Å². The zero-order chi connectivity index (χ0) is 7.07. The fourth-order valence-electron chi connectivity index (χ4n) is 0.552. The van der Waals surface area contributed by atoms with E-state index in [1.807, 2.05) is 36.4 Å². The molecule has 52 valence electrons. The monoisotopic (exact) mass is 132 g/mol. The first-order valence-corrected chi connectivity index (χ1v) is 3.65. The zero-order valence-corrected chi connectivity index (χ0v) is 6.03. The van der Waals surface area contributed by atoms with Crippen LogP contribution in [0.2, 0.25) is 0 Å². The summed E-state index contributed by atoms with van der Waals surface area (Å²) in [4.78, 5) is 0. The van der Waals surface area contributed by atoms with Gasteiger partial charge in [-0.1, -0.05) is 48.6 Å². The van der Waals surface area contributed by atoms with Gasteiger partial charge in [-0.15, -0.1) is 0 Å². The van der Waals surface area contributed by atoms with Crippen molar-refractivity contribution in [1.29, 1.82) is 0 Å². The standard InChI is InChI=1S/C6H6.C4H6/c1-2-4-6-5-3-1;1-2-4-3-1/h1-6H;1-2H,3-4H2. The SMILES string of the molecule is C1=CCC1.c1ccccc1. The number of rotatable bonds is 0. The highest BCUT2D eigenvalue weighted by Crippen LogP contribution is 2.01. The maximum atomic E-state index is 2.18. The second-order valence-corrected chi connectivity index (χ2v) is 2.20. The van der Waals surface area contributed by atoms with Crippen LogP contribution in [0.15, 0.2) is 48.6 Å². The number of hydrogen-bond acceptors (Lipinski definition) is 0. The van der Waals surface area contributed by atoms with Crippen molar-refractivity contribution in [3.8, 4) is 0 Å². The van der Waals surface area contributed by atoms with Crippen LogP contribution in [-0.4, -0.2) is 0 Å². The minimum Gasteiger partial charge on any atom is -0.0882 e. The molecule has 0 spiro atoms. The van der Waals surface area contributed by atoms with E-state index in [1.165, 1.54) is 12.8 Å². The van der Waals surface area contributed by atoms with Gasteiger partial charge in [0, 0.05) is 0 Å². The lowest BCUT2D eigenvalue weighted by molar-refractivity contribution is 0.962. The Bertz CT molecular complexity index is 142. The molecule has 1 aliphatic rings. The minimum atomic E-state index is 1.32. The van der Waals surface area contributed by atoms with E-state index in [9.17, 15) is 0 Å². The zero-order valence-electron chi connectivity index (χ0n) is 6.03. The van der Waals surface area contributed by atoms with Gasteiger partial charge >= 0.3 is 0 Å². The van der Waals surface area contributed by atoms with Crippen LogP contribution in [0.3, 0.4) is 0 Å². The van der Waals surface area contributed by atoms with Crippen molar-refractivity contribution in [1.82, 2.24) is 0 Å². The van der Waals surface area contributed by atoms with E-state index in [0.717, 1.165) is 0 Å². The van der Waals surface area contributed by atoms with Gasteiger partial charge in [0.25, 0.3) is 0 Å². The normalized spacial score (nSPS) is 12.8. The van der Waals surface area contributed by atoms with Crippen molar-refractivity contribution in [2.45, 2.75) is 12.8 Å². The first-order valence-electron chi connectivity index (χ1n) is 3.65. The molecule has 0 unspecified atom stereocenters. The van der Waals surface area contributed by atoms with E-state index in [4.69, 9.17) is 0 Å². The van der Waals surface area contributed by atoms with Crippen molar-refractivity contribution < 1.29 is 0 Å². The molecular weight excluding hydrogens is 120 g/mol. The smallest absolute Gasteiger partial charge is 0.0316 e. The predicted molar refractivity (Wildman–Crippen MR) is 44.8 cm³/mol. The average Bonchev–Trinajstić information content (AvgIpc) is 1.88. The van der Waals surface area contributed by atoms with E-state index in [-0.39, 0.29) is 0 Å². The van der Waals surface area contributed by atoms with Crippen LogP contribution in [0.25, 0.3) is 0 Å². The van der Waals surface area contributed by atoms with Gasteiger partial charge in [0.1, 0.15) is 0 Å². The topological polar surface area (TPSA) is 0 Å². The van der Waals surface area contributed by atoms with E-state index in [2.05, 4.69) is 12.2 Å². The molecule has 0 bridgehead atoms. The summed E-state index contributed by atoms with van der Waals surface area (Å²) in [6, 6.07) is 12.0. The van der Waals surface area contributed by atoms with Gasteiger partial charge in [-0.05, 0) is 12.8 Å². The van der Waals surface area contributed by atoms with Crippen LogP contribution < -0.4 is 0 Å². The molecule has 0 aromatic heterocycles. The predicted octanol–water partition coefficient (Wildman–Crippen LogP) is 3.02. The highest BCUT2D eigenvalue weighted by atomic mass is 13.9. The van der Waals surface area contributed by atoms with Crippen molar-refractivity contribution in [3.63, 3.8) is 0 Å². The van der Waals surface area contributed by atoms with E-state index >= 15 is 0 Å². The molecule has 10 heavy (non-hydrogen) atoms. The van der Waals surface area contributed by atoms with Gasteiger partial charge in [0.2, 0.25) is 0 Å².